The van der Waals surface area contributed by atoms with Crippen LogP contribution in [0.2, 0.25) is 0 Å². The van der Waals surface area contributed by atoms with Crippen molar-refractivity contribution in [2.45, 2.75) is 38.6 Å². The van der Waals surface area contributed by atoms with Crippen LogP contribution < -0.4 is 11.1 Å². The van der Waals surface area contributed by atoms with Crippen LogP contribution in [0.4, 0.5) is 0 Å². The molecule has 1 aromatic rings. The maximum Gasteiger partial charge on any atom is 0.286 e. The lowest BCUT2D eigenvalue weighted by Crippen LogP contribution is -2.25. The third-order valence-corrected chi connectivity index (χ3v) is 3.40. The van der Waals surface area contributed by atoms with Gasteiger partial charge in [0.05, 0.1) is 6.54 Å². The molecule has 0 aromatic carbocycles. The van der Waals surface area contributed by atoms with Crippen molar-refractivity contribution in [3.8, 4) is 0 Å². The number of nitrogens with two attached hydrogens (primary N) is 1. The molecule has 0 saturated heterocycles. The molecule has 1 amide bonds. The van der Waals surface area contributed by atoms with Crippen molar-refractivity contribution in [1.29, 1.82) is 0 Å². The van der Waals surface area contributed by atoms with Crippen LogP contribution in [0.1, 0.15) is 48.4 Å². The number of rotatable bonds is 5. The highest BCUT2D eigenvalue weighted by Crippen LogP contribution is 2.26. The zero-order valence-electron chi connectivity index (χ0n) is 10.1. The van der Waals surface area contributed by atoms with Gasteiger partial charge in [-0.05, 0) is 24.5 Å². The van der Waals surface area contributed by atoms with Crippen LogP contribution in [0.5, 0.6) is 0 Å². The van der Waals surface area contributed by atoms with E-state index in [2.05, 4.69) is 5.32 Å². The molecule has 0 atom stereocenters. The molecule has 1 aliphatic rings. The first-order chi connectivity index (χ1) is 8.29. The van der Waals surface area contributed by atoms with Crippen LogP contribution in [0.15, 0.2) is 16.5 Å². The number of hydrogen-bond donors (Lipinski definition) is 2. The standard InChI is InChI=1S/C13H20N2O2/c14-9-11-5-6-12(17-11)13(16)15-8-7-10-3-1-2-4-10/h5-6,10H,1-4,7-9,14H2,(H,15,16). The first kappa shape index (κ1) is 12.2. The molecule has 17 heavy (non-hydrogen) atoms. The van der Waals surface area contributed by atoms with Gasteiger partial charge in [-0.25, -0.2) is 0 Å². The second-order valence-corrected chi connectivity index (χ2v) is 4.67. The fraction of sp³-hybridized carbons (Fsp3) is 0.615. The van der Waals surface area contributed by atoms with E-state index in [4.69, 9.17) is 10.2 Å². The van der Waals surface area contributed by atoms with Crippen molar-refractivity contribution in [1.82, 2.24) is 5.32 Å². The lowest BCUT2D eigenvalue weighted by atomic mass is 10.0. The zero-order valence-corrected chi connectivity index (χ0v) is 10.1. The van der Waals surface area contributed by atoms with Crippen LogP contribution in [-0.2, 0) is 6.54 Å². The third-order valence-electron chi connectivity index (χ3n) is 3.40. The Hall–Kier alpha value is -1.29. The fourth-order valence-electron chi connectivity index (χ4n) is 2.39. The average molecular weight is 236 g/mol. The quantitative estimate of drug-likeness (QED) is 0.822. The highest BCUT2D eigenvalue weighted by atomic mass is 16.4. The van der Waals surface area contributed by atoms with Crippen molar-refractivity contribution in [3.05, 3.63) is 23.7 Å². The molecule has 0 aliphatic heterocycles. The summed E-state index contributed by atoms with van der Waals surface area (Å²) in [5.74, 6) is 1.66. The number of carbonyl (C=O) groups excluding carboxylic acids is 1. The molecular formula is C13H20N2O2. The Balaban J connectivity index is 1.72. The largest absolute Gasteiger partial charge is 0.455 e. The molecule has 1 aromatic heterocycles. The Kier molecular flexibility index (Phi) is 4.20. The van der Waals surface area contributed by atoms with Gasteiger partial charge >= 0.3 is 0 Å². The van der Waals surface area contributed by atoms with E-state index >= 15 is 0 Å². The average Bonchev–Trinajstić information content (AvgIpc) is 2.99. The first-order valence-electron chi connectivity index (χ1n) is 6.36. The Labute approximate surface area is 102 Å². The Bertz CT molecular complexity index is 367. The van der Waals surface area contributed by atoms with Crippen molar-refractivity contribution in [3.63, 3.8) is 0 Å². The van der Waals surface area contributed by atoms with Crippen LogP contribution >= 0.6 is 0 Å². The molecule has 2 rings (SSSR count). The molecule has 0 unspecified atom stereocenters. The molecule has 0 bridgehead atoms. The molecule has 1 fully saturated rings. The van der Waals surface area contributed by atoms with Gasteiger partial charge in [0, 0.05) is 6.54 Å². The number of carbonyl (C=O) groups is 1. The zero-order chi connectivity index (χ0) is 12.1. The molecule has 94 valence electrons. The first-order valence-corrected chi connectivity index (χ1v) is 6.36. The smallest absolute Gasteiger partial charge is 0.286 e. The van der Waals surface area contributed by atoms with Gasteiger partial charge in [0.15, 0.2) is 5.76 Å². The Morgan fingerprint density at radius 1 is 1.41 bits per heavy atom. The summed E-state index contributed by atoms with van der Waals surface area (Å²) in [4.78, 5) is 11.7. The fourth-order valence-corrected chi connectivity index (χ4v) is 2.39. The van der Waals surface area contributed by atoms with Gasteiger partial charge in [-0.15, -0.1) is 0 Å². The van der Waals surface area contributed by atoms with Gasteiger partial charge in [0.1, 0.15) is 5.76 Å². The van der Waals surface area contributed by atoms with Gasteiger partial charge in [-0.3, -0.25) is 4.79 Å². The van der Waals surface area contributed by atoms with E-state index < -0.39 is 0 Å². The molecule has 4 nitrogen and oxygen atoms in total. The van der Waals surface area contributed by atoms with Crippen molar-refractivity contribution in [2.24, 2.45) is 11.7 Å². The van der Waals surface area contributed by atoms with Crippen LogP contribution in [0.3, 0.4) is 0 Å². The normalized spacial score (nSPS) is 16.3. The summed E-state index contributed by atoms with van der Waals surface area (Å²) >= 11 is 0. The van der Waals surface area contributed by atoms with Gasteiger partial charge < -0.3 is 15.5 Å². The van der Waals surface area contributed by atoms with Gasteiger partial charge in [-0.2, -0.15) is 0 Å². The lowest BCUT2D eigenvalue weighted by molar-refractivity contribution is 0.0922. The summed E-state index contributed by atoms with van der Waals surface area (Å²) in [5.41, 5.74) is 5.42. The minimum Gasteiger partial charge on any atom is -0.455 e. The minimum atomic E-state index is -0.136. The molecule has 3 N–H and O–H groups in total. The number of nitrogens with one attached hydrogen (secondary N) is 1. The summed E-state index contributed by atoms with van der Waals surface area (Å²) in [6, 6.07) is 3.42. The Morgan fingerprint density at radius 2 is 2.18 bits per heavy atom. The van der Waals surface area contributed by atoms with Crippen molar-refractivity contribution < 1.29 is 9.21 Å². The van der Waals surface area contributed by atoms with Gasteiger partial charge in [0.25, 0.3) is 5.91 Å². The molecule has 1 saturated carbocycles. The number of amides is 1. The summed E-state index contributed by atoms with van der Waals surface area (Å²) in [5, 5.41) is 2.89. The summed E-state index contributed by atoms with van der Waals surface area (Å²) in [7, 11) is 0. The maximum absolute atomic E-state index is 11.7. The minimum absolute atomic E-state index is 0.136. The highest BCUT2D eigenvalue weighted by molar-refractivity contribution is 5.91. The molecule has 1 aliphatic carbocycles. The summed E-state index contributed by atoms with van der Waals surface area (Å²) in [6.45, 7) is 1.07. The molecule has 0 radical (unpaired) electrons. The van der Waals surface area contributed by atoms with Gasteiger partial charge in [0.2, 0.25) is 0 Å². The monoisotopic (exact) mass is 236 g/mol. The molecule has 4 heteroatoms. The Morgan fingerprint density at radius 3 is 2.82 bits per heavy atom. The van der Waals surface area contributed by atoms with E-state index in [1.54, 1.807) is 12.1 Å². The second kappa shape index (κ2) is 5.87. The molecular weight excluding hydrogens is 216 g/mol. The number of furan rings is 1. The molecule has 0 spiro atoms. The van der Waals surface area contributed by atoms with Gasteiger partial charge in [-0.1, -0.05) is 25.7 Å². The molecule has 1 heterocycles. The van der Waals surface area contributed by atoms with E-state index in [0.717, 1.165) is 18.9 Å². The maximum atomic E-state index is 11.7. The predicted octanol–water partition coefficient (Wildman–Crippen LogP) is 2.05. The van der Waals surface area contributed by atoms with Crippen molar-refractivity contribution >= 4 is 5.91 Å². The summed E-state index contributed by atoms with van der Waals surface area (Å²) < 4.78 is 5.28. The second-order valence-electron chi connectivity index (χ2n) is 4.67. The summed E-state index contributed by atoms with van der Waals surface area (Å²) in [6.07, 6.45) is 6.39. The third kappa shape index (κ3) is 3.33. The van der Waals surface area contributed by atoms with Crippen molar-refractivity contribution in [2.75, 3.05) is 6.54 Å². The van der Waals surface area contributed by atoms with E-state index in [-0.39, 0.29) is 5.91 Å². The van der Waals surface area contributed by atoms with Crippen LogP contribution in [0.25, 0.3) is 0 Å². The van der Waals surface area contributed by atoms with E-state index in [9.17, 15) is 4.79 Å². The van der Waals surface area contributed by atoms with E-state index in [1.165, 1.54) is 25.7 Å². The van der Waals surface area contributed by atoms with Crippen LogP contribution in [0, 0.1) is 5.92 Å². The van der Waals surface area contributed by atoms with Crippen LogP contribution in [-0.4, -0.2) is 12.5 Å². The van der Waals surface area contributed by atoms with E-state index in [0.29, 0.717) is 18.1 Å². The van der Waals surface area contributed by atoms with E-state index in [1.807, 2.05) is 0 Å². The predicted molar refractivity (Wildman–Crippen MR) is 65.5 cm³/mol. The lowest BCUT2D eigenvalue weighted by Gasteiger charge is -2.08. The number of hydrogen-bond acceptors (Lipinski definition) is 3. The SMILES string of the molecule is NCc1ccc(C(=O)NCCC2CCCC2)o1. The highest BCUT2D eigenvalue weighted by Gasteiger charge is 2.15. The topological polar surface area (TPSA) is 68.3 Å².